The summed E-state index contributed by atoms with van der Waals surface area (Å²) in [5.41, 5.74) is 8.35. The van der Waals surface area contributed by atoms with Crippen LogP contribution in [0.1, 0.15) is 27.8 Å². The second-order valence-electron chi connectivity index (χ2n) is 12.0. The number of carbonyl (C=O) groups is 3. The van der Waals surface area contributed by atoms with E-state index in [1.807, 2.05) is 121 Å². The van der Waals surface area contributed by atoms with E-state index in [2.05, 4.69) is 17.9 Å². The van der Waals surface area contributed by atoms with Crippen molar-refractivity contribution in [3.8, 4) is 5.75 Å². The summed E-state index contributed by atoms with van der Waals surface area (Å²) in [4.78, 5) is 45.1. The predicted octanol–water partition coefficient (Wildman–Crippen LogP) is 5.28. The van der Waals surface area contributed by atoms with Gasteiger partial charge in [-0.25, -0.2) is 4.79 Å². The first-order valence-corrected chi connectivity index (χ1v) is 17.0. The Kier molecular flexibility index (Phi) is 12.1. The minimum Gasteiger partial charge on any atom is -0.508 e. The summed E-state index contributed by atoms with van der Waals surface area (Å²) in [5, 5.41) is 12.9. The number of carbonyl (C=O) groups excluding carboxylic acids is 3. The van der Waals surface area contributed by atoms with E-state index in [0.717, 1.165) is 22.3 Å². The molecule has 2 amide bonds. The van der Waals surface area contributed by atoms with Crippen LogP contribution in [0, 0.1) is 0 Å². The van der Waals surface area contributed by atoms with Crippen LogP contribution in [-0.2, 0) is 37.5 Å². The summed E-state index contributed by atoms with van der Waals surface area (Å²) < 4.78 is 5.49. The lowest BCUT2D eigenvalue weighted by Gasteiger charge is -2.49. The monoisotopic (exact) mass is 687 g/mol. The molecule has 9 heteroatoms. The van der Waals surface area contributed by atoms with Gasteiger partial charge in [0.2, 0.25) is 11.8 Å². The van der Waals surface area contributed by atoms with Gasteiger partial charge < -0.3 is 25.8 Å². The molecule has 0 spiro atoms. The average molecular weight is 688 g/mol. The Morgan fingerprint density at radius 2 is 1.16 bits per heavy atom. The summed E-state index contributed by atoms with van der Waals surface area (Å²) in [6.45, 7) is 0. The first kappa shape index (κ1) is 35.9. The molecule has 0 radical (unpaired) electrons. The van der Waals surface area contributed by atoms with Crippen molar-refractivity contribution in [2.24, 2.45) is 5.73 Å². The van der Waals surface area contributed by atoms with Gasteiger partial charge in [0.15, 0.2) is 0 Å². The lowest BCUT2D eigenvalue weighted by atomic mass is 9.74. The largest absolute Gasteiger partial charge is 0.508 e. The summed E-state index contributed by atoms with van der Waals surface area (Å²) in [6, 6.07) is 41.1. The van der Waals surface area contributed by atoms with Crippen molar-refractivity contribution in [1.82, 2.24) is 10.2 Å². The maximum Gasteiger partial charge on any atom is 0.328 e. The van der Waals surface area contributed by atoms with Crippen LogP contribution >= 0.6 is 12.6 Å². The number of ether oxygens (including phenoxy) is 1. The third-order valence-corrected chi connectivity index (χ3v) is 9.15. The van der Waals surface area contributed by atoms with Gasteiger partial charge in [-0.1, -0.05) is 133 Å². The van der Waals surface area contributed by atoms with E-state index in [0.29, 0.717) is 5.56 Å². The molecule has 5 rings (SSSR count). The van der Waals surface area contributed by atoms with Gasteiger partial charge in [-0.15, -0.1) is 0 Å². The number of amides is 2. The van der Waals surface area contributed by atoms with Crippen LogP contribution in [0.5, 0.6) is 5.75 Å². The summed E-state index contributed by atoms with van der Waals surface area (Å²) >= 11 is 4.23. The standard InChI is InChI=1S/C41H41N3O5S/c1-49-40(48)37(27-29-14-6-2-7-15-29)44(39(47)36(43-38(46)35(42)28-50)26-30-22-24-34(45)25-23-30)41(31-16-8-3-9-17-31,32-18-10-4-11-19-32)33-20-12-5-13-21-33/h2-25,35-37,45,50H,26-28,42H2,1H3,(H,43,46)/t35?,36?,37-/m0/s1. The van der Waals surface area contributed by atoms with Gasteiger partial charge in [0, 0.05) is 18.6 Å². The van der Waals surface area contributed by atoms with E-state index in [4.69, 9.17) is 10.5 Å². The first-order chi connectivity index (χ1) is 24.3. The molecule has 50 heavy (non-hydrogen) atoms. The molecule has 0 aliphatic rings. The molecule has 0 saturated heterocycles. The van der Waals surface area contributed by atoms with Gasteiger partial charge in [-0.3, -0.25) is 9.59 Å². The Morgan fingerprint density at radius 1 is 0.720 bits per heavy atom. The average Bonchev–Trinajstić information content (AvgIpc) is 3.17. The van der Waals surface area contributed by atoms with Crippen LogP contribution in [0.2, 0.25) is 0 Å². The first-order valence-electron chi connectivity index (χ1n) is 16.4. The zero-order chi connectivity index (χ0) is 35.5. The fourth-order valence-electron chi connectivity index (χ4n) is 6.36. The molecule has 0 aromatic heterocycles. The fraction of sp³-hybridized carbons (Fsp3) is 0.195. The fourth-order valence-corrected chi connectivity index (χ4v) is 6.52. The Labute approximate surface area is 298 Å². The lowest BCUT2D eigenvalue weighted by molar-refractivity contribution is -0.158. The zero-order valence-corrected chi connectivity index (χ0v) is 28.7. The molecule has 3 atom stereocenters. The van der Waals surface area contributed by atoms with Crippen LogP contribution in [0.3, 0.4) is 0 Å². The van der Waals surface area contributed by atoms with Crippen molar-refractivity contribution in [2.75, 3.05) is 12.9 Å². The number of hydrogen-bond donors (Lipinski definition) is 4. The van der Waals surface area contributed by atoms with E-state index in [1.54, 1.807) is 17.0 Å². The lowest BCUT2D eigenvalue weighted by Crippen LogP contribution is -2.64. The highest BCUT2D eigenvalue weighted by molar-refractivity contribution is 7.80. The number of benzene rings is 5. The summed E-state index contributed by atoms with van der Waals surface area (Å²) in [5.74, 6) is -1.63. The Hall–Kier alpha value is -5.38. The minimum absolute atomic E-state index is 0.0360. The number of thiol groups is 1. The molecule has 0 aliphatic carbocycles. The third kappa shape index (κ3) is 7.91. The molecule has 0 aliphatic heterocycles. The smallest absolute Gasteiger partial charge is 0.328 e. The van der Waals surface area contributed by atoms with Crippen molar-refractivity contribution in [3.05, 3.63) is 173 Å². The molecule has 256 valence electrons. The van der Waals surface area contributed by atoms with Gasteiger partial charge in [-0.2, -0.15) is 12.6 Å². The highest BCUT2D eigenvalue weighted by Gasteiger charge is 2.51. The van der Waals surface area contributed by atoms with E-state index in [1.165, 1.54) is 19.2 Å². The molecule has 0 saturated carbocycles. The quantitative estimate of drug-likeness (QED) is 0.0717. The van der Waals surface area contributed by atoms with E-state index in [9.17, 15) is 14.7 Å². The molecule has 2 unspecified atom stereocenters. The number of phenolic OH excluding ortho intramolecular Hbond substituents is 1. The van der Waals surface area contributed by atoms with Crippen molar-refractivity contribution in [3.63, 3.8) is 0 Å². The molecule has 5 aromatic carbocycles. The predicted molar refractivity (Wildman–Crippen MR) is 198 cm³/mol. The van der Waals surface area contributed by atoms with Crippen LogP contribution < -0.4 is 11.1 Å². The molecule has 8 nitrogen and oxygen atoms in total. The Balaban J connectivity index is 1.85. The molecule has 5 aromatic rings. The molecule has 0 heterocycles. The SMILES string of the molecule is COC(=O)[C@H](Cc1ccccc1)N(C(=O)C(Cc1ccc(O)cc1)NC(=O)C(N)CS)C(c1ccccc1)(c1ccccc1)c1ccccc1. The maximum absolute atomic E-state index is 15.8. The molecular weight excluding hydrogens is 647 g/mol. The highest BCUT2D eigenvalue weighted by Crippen LogP contribution is 2.45. The number of methoxy groups -OCH3 is 1. The van der Waals surface area contributed by atoms with Crippen LogP contribution in [0.25, 0.3) is 0 Å². The van der Waals surface area contributed by atoms with Crippen molar-refractivity contribution >= 4 is 30.4 Å². The highest BCUT2D eigenvalue weighted by atomic mass is 32.1. The summed E-state index contributed by atoms with van der Waals surface area (Å²) in [7, 11) is 1.31. The third-order valence-electron chi connectivity index (χ3n) is 8.75. The minimum atomic E-state index is -1.40. The maximum atomic E-state index is 15.8. The molecule has 0 bridgehead atoms. The number of rotatable bonds is 14. The number of nitrogens with zero attached hydrogens (tertiary/aromatic N) is 1. The molecule has 0 fully saturated rings. The van der Waals surface area contributed by atoms with Crippen LogP contribution in [0.4, 0.5) is 0 Å². The summed E-state index contributed by atoms with van der Waals surface area (Å²) in [6.07, 6.45) is 0.151. The van der Waals surface area contributed by atoms with Gasteiger partial charge in [-0.05, 0) is 39.9 Å². The van der Waals surface area contributed by atoms with Crippen molar-refractivity contribution in [1.29, 1.82) is 0 Å². The van der Waals surface area contributed by atoms with Gasteiger partial charge in [0.25, 0.3) is 0 Å². The topological polar surface area (TPSA) is 122 Å². The molecule has 4 N–H and O–H groups in total. The number of hydrogen-bond acceptors (Lipinski definition) is 7. The van der Waals surface area contributed by atoms with E-state index >= 15 is 4.79 Å². The number of nitrogens with two attached hydrogens (primary N) is 1. The van der Waals surface area contributed by atoms with Crippen LogP contribution in [0.15, 0.2) is 146 Å². The van der Waals surface area contributed by atoms with Crippen LogP contribution in [-0.4, -0.2) is 58.8 Å². The van der Waals surface area contributed by atoms with E-state index < -0.39 is 41.4 Å². The second kappa shape index (κ2) is 16.8. The van der Waals surface area contributed by atoms with Gasteiger partial charge >= 0.3 is 5.97 Å². The normalized spacial score (nSPS) is 13.0. The Morgan fingerprint density at radius 3 is 1.60 bits per heavy atom. The number of phenols is 1. The van der Waals surface area contributed by atoms with Crippen molar-refractivity contribution in [2.45, 2.75) is 36.5 Å². The number of aromatic hydroxyl groups is 1. The second-order valence-corrected chi connectivity index (χ2v) is 12.3. The Bertz CT molecular complexity index is 1750. The number of esters is 1. The van der Waals surface area contributed by atoms with Gasteiger partial charge in [0.1, 0.15) is 23.4 Å². The van der Waals surface area contributed by atoms with E-state index in [-0.39, 0.29) is 24.3 Å². The van der Waals surface area contributed by atoms with Crippen molar-refractivity contribution < 1.29 is 24.2 Å². The molecular formula is C41H41N3O5S. The number of nitrogens with one attached hydrogen (secondary N) is 1. The van der Waals surface area contributed by atoms with Gasteiger partial charge in [0.05, 0.1) is 13.2 Å². The zero-order valence-electron chi connectivity index (χ0n) is 27.8.